The molecule has 5 rings (SSSR count). The van der Waals surface area contributed by atoms with Crippen LogP contribution >= 0.6 is 22.9 Å². The number of aromatic nitrogens is 3. The van der Waals surface area contributed by atoms with Gasteiger partial charge in [-0.2, -0.15) is 0 Å². The molecular weight excluding hydrogens is 446 g/mol. The number of ketones is 1. The van der Waals surface area contributed by atoms with Gasteiger partial charge in [-0.15, -0.1) is 0 Å². The molecule has 2 aromatic heterocycles. The average Bonchev–Trinajstić information content (AvgIpc) is 3.34. The molecule has 1 aliphatic heterocycles. The van der Waals surface area contributed by atoms with Gasteiger partial charge in [0.25, 0.3) is 0 Å². The molecule has 0 spiro atoms. The fourth-order valence-electron chi connectivity index (χ4n) is 3.96. The number of hydrogen-bond acceptors (Lipinski definition) is 7. The number of anilines is 2. The van der Waals surface area contributed by atoms with Gasteiger partial charge in [0.05, 0.1) is 34.5 Å². The smallest absolute Gasteiger partial charge is 0.209 e. The van der Waals surface area contributed by atoms with E-state index in [0.717, 1.165) is 65.7 Å². The number of thiazole rings is 1. The molecule has 1 aliphatic rings. The lowest BCUT2D eigenvalue weighted by atomic mass is 10.1. The van der Waals surface area contributed by atoms with Crippen LogP contribution in [-0.2, 0) is 11.8 Å². The van der Waals surface area contributed by atoms with Crippen LogP contribution in [0.25, 0.3) is 21.3 Å². The first-order valence-corrected chi connectivity index (χ1v) is 11.9. The molecule has 0 radical (unpaired) electrons. The zero-order chi connectivity index (χ0) is 22.1. The fourth-order valence-corrected chi connectivity index (χ4v) is 5.10. The van der Waals surface area contributed by atoms with Gasteiger partial charge >= 0.3 is 0 Å². The highest BCUT2D eigenvalue weighted by Crippen LogP contribution is 2.31. The predicted molar refractivity (Wildman–Crippen MR) is 129 cm³/mol. The highest BCUT2D eigenvalue weighted by atomic mass is 35.5. The van der Waals surface area contributed by atoms with E-state index in [-0.39, 0.29) is 5.78 Å². The topological polar surface area (TPSA) is 72.3 Å². The van der Waals surface area contributed by atoms with Crippen LogP contribution in [0, 0.1) is 0 Å². The van der Waals surface area contributed by atoms with Crippen LogP contribution in [0.1, 0.15) is 23.2 Å². The summed E-state index contributed by atoms with van der Waals surface area (Å²) < 4.78 is 8.37. The Kier molecular flexibility index (Phi) is 6.10. The quantitative estimate of drug-likeness (QED) is 0.389. The number of nitrogens with one attached hydrogen (secondary N) is 1. The number of hydrogen-bond donors (Lipinski definition) is 1. The number of carbonyl (C=O) groups excluding carboxylic acids is 1. The molecule has 3 heterocycles. The summed E-state index contributed by atoms with van der Waals surface area (Å²) in [5.41, 5.74) is 3.35. The van der Waals surface area contributed by atoms with E-state index in [9.17, 15) is 4.79 Å². The highest BCUT2D eigenvalue weighted by Gasteiger charge is 2.15. The number of morpholine rings is 1. The third-order valence-corrected chi connectivity index (χ3v) is 6.92. The molecule has 0 bridgehead atoms. The minimum Gasteiger partial charge on any atom is -0.379 e. The number of ether oxygens (including phenoxy) is 1. The second-order valence-electron chi connectivity index (χ2n) is 7.93. The Morgan fingerprint density at radius 1 is 1.16 bits per heavy atom. The van der Waals surface area contributed by atoms with Gasteiger partial charge in [0, 0.05) is 37.1 Å². The molecule has 2 aromatic carbocycles. The summed E-state index contributed by atoms with van der Waals surface area (Å²) in [6.45, 7) is 4.40. The SMILES string of the molecule is Cn1c(Nc2nc3ccc(Cl)cc3s2)nc2cc(C(=O)CCCN3CCOCC3)ccc21. The first-order valence-electron chi connectivity index (χ1n) is 10.7. The van der Waals surface area contributed by atoms with Crippen LogP contribution in [0.3, 0.4) is 0 Å². The summed E-state index contributed by atoms with van der Waals surface area (Å²) in [4.78, 5) is 24.4. The maximum absolute atomic E-state index is 12.7. The third kappa shape index (κ3) is 4.49. The molecule has 1 fully saturated rings. The first kappa shape index (κ1) is 21.3. The molecule has 4 aromatic rings. The van der Waals surface area contributed by atoms with E-state index < -0.39 is 0 Å². The van der Waals surface area contributed by atoms with E-state index in [1.165, 1.54) is 11.3 Å². The van der Waals surface area contributed by atoms with Gasteiger partial charge in [-0.1, -0.05) is 22.9 Å². The van der Waals surface area contributed by atoms with Crippen LogP contribution in [0.5, 0.6) is 0 Å². The van der Waals surface area contributed by atoms with Crippen molar-refractivity contribution in [1.82, 2.24) is 19.4 Å². The van der Waals surface area contributed by atoms with Crippen LogP contribution in [0.2, 0.25) is 5.02 Å². The molecule has 0 aliphatic carbocycles. The number of Topliss-reactive ketones (excluding diaryl/α,β-unsaturated/α-hetero) is 1. The van der Waals surface area contributed by atoms with E-state index in [4.69, 9.17) is 21.3 Å². The van der Waals surface area contributed by atoms with Gasteiger partial charge in [-0.05, 0) is 49.4 Å². The van der Waals surface area contributed by atoms with Gasteiger partial charge in [0.2, 0.25) is 5.95 Å². The minimum absolute atomic E-state index is 0.156. The van der Waals surface area contributed by atoms with Crippen LogP contribution < -0.4 is 5.32 Å². The number of carbonyl (C=O) groups is 1. The van der Waals surface area contributed by atoms with Crippen molar-refractivity contribution in [2.45, 2.75) is 12.8 Å². The number of benzene rings is 2. The standard InChI is InChI=1S/C23H24ClN5O2S/c1-28-19-7-4-15(20(30)3-2-8-29-9-11-31-12-10-29)13-18(19)25-22(28)27-23-26-17-6-5-16(24)14-21(17)32-23/h4-7,13-14H,2-3,8-12H2,1H3,(H,25,26,27). The number of rotatable bonds is 7. The molecule has 32 heavy (non-hydrogen) atoms. The van der Waals surface area contributed by atoms with Gasteiger partial charge in [-0.25, -0.2) is 9.97 Å². The Morgan fingerprint density at radius 3 is 2.84 bits per heavy atom. The zero-order valence-electron chi connectivity index (χ0n) is 17.8. The maximum atomic E-state index is 12.7. The summed E-state index contributed by atoms with van der Waals surface area (Å²) in [5.74, 6) is 0.838. The van der Waals surface area contributed by atoms with E-state index >= 15 is 0 Å². The summed E-state index contributed by atoms with van der Waals surface area (Å²) in [7, 11) is 1.95. The Morgan fingerprint density at radius 2 is 2.00 bits per heavy atom. The predicted octanol–water partition coefficient (Wildman–Crippen LogP) is 4.88. The minimum atomic E-state index is 0.156. The molecule has 1 saturated heterocycles. The lowest BCUT2D eigenvalue weighted by Gasteiger charge is -2.26. The first-order chi connectivity index (χ1) is 15.6. The summed E-state index contributed by atoms with van der Waals surface area (Å²) in [5, 5.41) is 4.75. The van der Waals surface area contributed by atoms with E-state index in [0.29, 0.717) is 23.0 Å². The Balaban J connectivity index is 1.29. The van der Waals surface area contributed by atoms with E-state index in [1.54, 1.807) is 0 Å². The number of halogens is 1. The molecule has 1 N–H and O–H groups in total. The average molecular weight is 470 g/mol. The van der Waals surface area contributed by atoms with Gasteiger partial charge in [0.1, 0.15) is 0 Å². The monoisotopic (exact) mass is 469 g/mol. The van der Waals surface area contributed by atoms with Crippen LogP contribution in [0.4, 0.5) is 11.1 Å². The van der Waals surface area contributed by atoms with Crippen LogP contribution in [0.15, 0.2) is 36.4 Å². The van der Waals surface area contributed by atoms with Crippen molar-refractivity contribution in [2.24, 2.45) is 7.05 Å². The molecular formula is C23H24ClN5O2S. The Hall–Kier alpha value is -2.52. The number of fused-ring (bicyclic) bond motifs is 2. The normalized spacial score (nSPS) is 14.9. The van der Waals surface area contributed by atoms with Gasteiger partial charge in [0.15, 0.2) is 10.9 Å². The second kappa shape index (κ2) is 9.15. The number of nitrogens with zero attached hydrogens (tertiary/aromatic N) is 4. The van der Waals surface area contributed by atoms with Crippen molar-refractivity contribution in [3.8, 4) is 0 Å². The molecule has 0 unspecified atom stereocenters. The van der Waals surface area contributed by atoms with Crippen LogP contribution in [-0.4, -0.2) is 58.1 Å². The Labute approximate surface area is 195 Å². The second-order valence-corrected chi connectivity index (χ2v) is 9.40. The zero-order valence-corrected chi connectivity index (χ0v) is 19.4. The summed E-state index contributed by atoms with van der Waals surface area (Å²) in [6.07, 6.45) is 1.39. The fraction of sp³-hybridized carbons (Fsp3) is 0.348. The van der Waals surface area contributed by atoms with Crippen molar-refractivity contribution < 1.29 is 9.53 Å². The largest absolute Gasteiger partial charge is 0.379 e. The molecule has 7 nitrogen and oxygen atoms in total. The summed E-state index contributed by atoms with van der Waals surface area (Å²) >= 11 is 7.61. The van der Waals surface area contributed by atoms with Crippen molar-refractivity contribution in [3.63, 3.8) is 0 Å². The lowest BCUT2D eigenvalue weighted by molar-refractivity contribution is 0.0371. The molecule has 9 heteroatoms. The molecule has 0 amide bonds. The van der Waals surface area contributed by atoms with Crippen molar-refractivity contribution in [2.75, 3.05) is 38.2 Å². The number of aryl methyl sites for hydroxylation is 1. The van der Waals surface area contributed by atoms with Crippen molar-refractivity contribution in [1.29, 1.82) is 0 Å². The van der Waals surface area contributed by atoms with Crippen molar-refractivity contribution in [3.05, 3.63) is 47.0 Å². The van der Waals surface area contributed by atoms with E-state index in [1.807, 2.05) is 48.0 Å². The van der Waals surface area contributed by atoms with Gasteiger partial charge in [-0.3, -0.25) is 9.69 Å². The van der Waals surface area contributed by atoms with Crippen molar-refractivity contribution >= 4 is 61.1 Å². The lowest BCUT2D eigenvalue weighted by Crippen LogP contribution is -2.36. The number of imidazole rings is 1. The van der Waals surface area contributed by atoms with E-state index in [2.05, 4.69) is 15.2 Å². The maximum Gasteiger partial charge on any atom is 0.209 e. The van der Waals surface area contributed by atoms with Gasteiger partial charge < -0.3 is 14.6 Å². The Bertz CT molecular complexity index is 1280. The molecule has 0 saturated carbocycles. The molecule has 0 atom stereocenters. The summed E-state index contributed by atoms with van der Waals surface area (Å²) in [6, 6.07) is 11.4. The molecule has 166 valence electrons. The third-order valence-electron chi connectivity index (χ3n) is 5.75. The highest BCUT2D eigenvalue weighted by molar-refractivity contribution is 7.22.